The first kappa shape index (κ1) is 63.7. The minimum absolute atomic E-state index is 0. The number of aromatic nitrogens is 6. The SMILES string of the molecule is COc1cc(-c2cc(Cl)cnc2OC)c(F)cc1-n1c(=O)ccc2cc(S(=O)(=O)Nc3ccon3)ccc21.COc1cc(Br)c(F)cc1-n1c(=O)ccc2cc(S(=O)(=O)Nc3ccon3)ccc21.COc1ncc(Cl)cc1B(O)O.P.P. The van der Waals surface area contributed by atoms with Gasteiger partial charge in [0, 0.05) is 76.2 Å². The van der Waals surface area contributed by atoms with E-state index < -0.39 is 49.9 Å². The van der Waals surface area contributed by atoms with Crippen LogP contribution < -0.4 is 45.0 Å². The second kappa shape index (κ2) is 27.0. The van der Waals surface area contributed by atoms with Crippen LogP contribution in [-0.4, -0.2) is 91.9 Å². The lowest BCUT2D eigenvalue weighted by Crippen LogP contribution is -2.31. The maximum atomic E-state index is 15.5. The van der Waals surface area contributed by atoms with Crippen molar-refractivity contribution in [3.05, 3.63) is 181 Å². The third-order valence-corrected chi connectivity index (χ3v) is 15.0. The molecule has 22 nitrogen and oxygen atoms in total. The zero-order valence-corrected chi connectivity index (χ0v) is 50.4. The number of ether oxygens (including phenoxy) is 4. The summed E-state index contributed by atoms with van der Waals surface area (Å²) in [6.45, 7) is 0. The fraction of sp³-hybridized carbons (Fsp3) is 0.0800. The largest absolute Gasteiger partial charge is 0.495 e. The van der Waals surface area contributed by atoms with Gasteiger partial charge in [0.2, 0.25) is 11.8 Å². The average molecular weight is 1310 g/mol. The van der Waals surface area contributed by atoms with Crippen LogP contribution in [0.1, 0.15) is 0 Å². The molecule has 0 amide bonds. The average Bonchev–Trinajstić information content (AvgIpc) is 4.19. The lowest BCUT2D eigenvalue weighted by Gasteiger charge is -2.17. The van der Waals surface area contributed by atoms with Crippen molar-refractivity contribution in [2.24, 2.45) is 0 Å². The molecule has 6 heterocycles. The molecule has 2 atom stereocenters. The van der Waals surface area contributed by atoms with Gasteiger partial charge in [0.15, 0.2) is 11.6 Å². The van der Waals surface area contributed by atoms with E-state index in [1.807, 2.05) is 0 Å². The van der Waals surface area contributed by atoms with Gasteiger partial charge in [0.25, 0.3) is 31.2 Å². The Hall–Kier alpha value is -7.52. The topological polar surface area (TPSA) is 292 Å². The molecule has 428 valence electrons. The Bertz CT molecular complexity index is 4310. The highest BCUT2D eigenvalue weighted by Crippen LogP contribution is 2.38. The van der Waals surface area contributed by atoms with E-state index in [2.05, 4.69) is 54.7 Å². The van der Waals surface area contributed by atoms with E-state index in [0.717, 1.165) is 6.07 Å². The second-order valence-corrected chi connectivity index (χ2v) is 21.3. The number of hydrogen-bond acceptors (Lipinski definition) is 18. The van der Waals surface area contributed by atoms with E-state index in [4.69, 9.17) is 52.2 Å². The molecule has 32 heteroatoms. The van der Waals surface area contributed by atoms with Gasteiger partial charge in [0.05, 0.1) is 75.2 Å². The number of benzene rings is 4. The van der Waals surface area contributed by atoms with Crippen LogP contribution in [0.25, 0.3) is 44.3 Å². The predicted molar refractivity (Wildman–Crippen MR) is 317 cm³/mol. The molecule has 6 aromatic heterocycles. The van der Waals surface area contributed by atoms with Gasteiger partial charge in [-0.25, -0.2) is 35.6 Å². The predicted octanol–water partition coefficient (Wildman–Crippen LogP) is 7.88. The molecular weight excluding hydrogens is 1260 g/mol. The maximum Gasteiger partial charge on any atom is 0.494 e. The van der Waals surface area contributed by atoms with Crippen molar-refractivity contribution in [1.82, 2.24) is 29.4 Å². The Morgan fingerprint density at radius 2 is 1.05 bits per heavy atom. The van der Waals surface area contributed by atoms with Crippen molar-refractivity contribution in [3.63, 3.8) is 0 Å². The van der Waals surface area contributed by atoms with Gasteiger partial charge in [-0.05, 0) is 88.7 Å². The van der Waals surface area contributed by atoms with Crippen LogP contribution in [0.2, 0.25) is 10.0 Å². The molecule has 0 aliphatic heterocycles. The summed E-state index contributed by atoms with van der Waals surface area (Å²) in [5.41, 5.74) is 0.623. The molecule has 0 fully saturated rings. The molecule has 0 spiro atoms. The second-order valence-electron chi connectivity index (χ2n) is 16.2. The van der Waals surface area contributed by atoms with Crippen molar-refractivity contribution < 1.29 is 63.7 Å². The molecule has 4 N–H and O–H groups in total. The van der Waals surface area contributed by atoms with Crippen molar-refractivity contribution in [2.75, 3.05) is 37.9 Å². The van der Waals surface area contributed by atoms with Gasteiger partial charge >= 0.3 is 7.12 Å². The van der Waals surface area contributed by atoms with Crippen LogP contribution in [0.4, 0.5) is 20.4 Å². The minimum atomic E-state index is -4.00. The maximum absolute atomic E-state index is 15.5. The Morgan fingerprint density at radius 3 is 1.50 bits per heavy atom. The lowest BCUT2D eigenvalue weighted by molar-refractivity contribution is 0.391. The monoisotopic (exact) mass is 1300 g/mol. The first-order valence-corrected chi connectivity index (χ1v) is 27.0. The van der Waals surface area contributed by atoms with Crippen molar-refractivity contribution in [3.8, 4) is 45.8 Å². The van der Waals surface area contributed by atoms with Gasteiger partial charge < -0.3 is 38.0 Å². The number of methoxy groups -OCH3 is 4. The number of anilines is 2. The molecule has 10 aromatic rings. The summed E-state index contributed by atoms with van der Waals surface area (Å²) in [7, 11) is -3.99. The van der Waals surface area contributed by atoms with E-state index >= 15 is 4.39 Å². The Morgan fingerprint density at radius 1 is 0.585 bits per heavy atom. The van der Waals surface area contributed by atoms with E-state index in [-0.39, 0.29) is 96.4 Å². The number of pyridine rings is 4. The molecule has 82 heavy (non-hydrogen) atoms. The van der Waals surface area contributed by atoms with Gasteiger partial charge in [-0.15, -0.1) is 0 Å². The van der Waals surface area contributed by atoms with E-state index in [0.29, 0.717) is 32.4 Å². The normalized spacial score (nSPS) is 11.0. The van der Waals surface area contributed by atoms with Gasteiger partial charge in [-0.1, -0.05) is 33.5 Å². The molecule has 0 aliphatic rings. The first-order valence-electron chi connectivity index (χ1n) is 22.5. The van der Waals surface area contributed by atoms with Gasteiger partial charge in [-0.3, -0.25) is 28.2 Å². The van der Waals surface area contributed by atoms with Crippen LogP contribution >= 0.6 is 58.9 Å². The lowest BCUT2D eigenvalue weighted by atomic mass is 9.81. The van der Waals surface area contributed by atoms with Crippen LogP contribution in [0, 0.1) is 11.6 Å². The van der Waals surface area contributed by atoms with Crippen molar-refractivity contribution in [2.45, 2.75) is 9.79 Å². The molecule has 4 aromatic carbocycles. The third kappa shape index (κ3) is 14.0. The number of sulfonamides is 2. The molecule has 2 unspecified atom stereocenters. The Balaban J connectivity index is 0.000000219. The molecule has 10 rings (SSSR count). The molecule has 0 bridgehead atoms. The van der Waals surface area contributed by atoms with E-state index in [1.165, 1.54) is 166 Å². The van der Waals surface area contributed by atoms with Gasteiger partial charge in [-0.2, -0.15) is 19.8 Å². The van der Waals surface area contributed by atoms with E-state index in [1.54, 1.807) is 0 Å². The Kier molecular flexibility index (Phi) is 21.0. The summed E-state index contributed by atoms with van der Waals surface area (Å²) >= 11 is 14.7. The van der Waals surface area contributed by atoms with Crippen LogP contribution in [0.5, 0.6) is 23.3 Å². The molecule has 0 saturated carbocycles. The number of hydrogen-bond donors (Lipinski definition) is 4. The summed E-state index contributed by atoms with van der Waals surface area (Å²) in [6, 6.07) is 24.6. The smallest absolute Gasteiger partial charge is 0.494 e. The number of rotatable bonds is 14. The highest BCUT2D eigenvalue weighted by Gasteiger charge is 2.24. The van der Waals surface area contributed by atoms with Crippen molar-refractivity contribution in [1.29, 1.82) is 0 Å². The zero-order valence-electron chi connectivity index (χ0n) is 42.9. The quantitative estimate of drug-likeness (QED) is 0.0594. The van der Waals surface area contributed by atoms with Gasteiger partial charge in [0.1, 0.15) is 35.7 Å². The summed E-state index contributed by atoms with van der Waals surface area (Å²) in [5, 5.41) is 26.2. The Labute approximate surface area is 489 Å². The number of fused-ring (bicyclic) bond motifs is 2. The standard InChI is InChI=1S/C25H18ClFN4O6S.C19H13BrFN3O5S.C6H7BClNO3.2H3P/c1-35-22-11-17(18-10-15(26)13-28-25(18)36-2)19(27)12-21(22)31-20-5-4-16(9-14(20)3-6-24(31)32)38(33,34)30-23-7-8-37-29-23;1-28-17-9-13(20)14(21)10-16(17)24-15-4-3-12(8-11(15)2-5-19(24)25)30(26,27)23-18-6-7-29-22-18;1-12-6-5(7(10)11)2-4(8)3-9-6;;/h3-13H,1-2H3,(H,29,30);2-10H,1H3,(H,22,23);2-3,10-11H,1H3;2*1H3. The highest BCUT2D eigenvalue weighted by molar-refractivity contribution is 9.10. The number of halogens is 5. The van der Waals surface area contributed by atoms with Crippen LogP contribution in [0.15, 0.2) is 167 Å². The van der Waals surface area contributed by atoms with E-state index in [9.17, 15) is 30.8 Å². The third-order valence-electron chi connectivity index (χ3n) is 11.3. The molecule has 0 radical (unpaired) electrons. The summed E-state index contributed by atoms with van der Waals surface area (Å²) in [5.74, 6) is -0.469. The number of nitrogens with one attached hydrogen (secondary N) is 2. The molecule has 0 aliphatic carbocycles. The first-order chi connectivity index (χ1) is 38.2. The summed E-state index contributed by atoms with van der Waals surface area (Å²) in [6.07, 6.45) is 5.21. The number of nitrogens with zero attached hydrogens (tertiary/aromatic N) is 6. The highest BCUT2D eigenvalue weighted by atomic mass is 79.9. The summed E-state index contributed by atoms with van der Waals surface area (Å²) < 4.78 is 118. The summed E-state index contributed by atoms with van der Waals surface area (Å²) in [4.78, 5) is 33.3. The fourth-order valence-electron chi connectivity index (χ4n) is 7.73. The van der Waals surface area contributed by atoms with Crippen LogP contribution in [0.3, 0.4) is 0 Å². The minimum Gasteiger partial charge on any atom is -0.495 e. The van der Waals surface area contributed by atoms with Crippen molar-refractivity contribution >= 4 is 125 Å². The molecule has 0 saturated heterocycles. The fourth-order valence-corrected chi connectivity index (χ4v) is 10.4. The van der Waals surface area contributed by atoms with Crippen LogP contribution in [-0.2, 0) is 20.0 Å². The zero-order chi connectivity index (χ0) is 57.6. The molecular formula is C50H44BBrCl2F2N8O14P2S2.